The van der Waals surface area contributed by atoms with Gasteiger partial charge in [0.1, 0.15) is 5.69 Å². The summed E-state index contributed by atoms with van der Waals surface area (Å²) in [5.41, 5.74) is 0.171. The van der Waals surface area contributed by atoms with Gasteiger partial charge in [0.25, 0.3) is 0 Å². The van der Waals surface area contributed by atoms with E-state index in [0.29, 0.717) is 0 Å². The number of carbonyl (C=O) groups is 1. The molecule has 0 spiro atoms. The average molecular weight is 180 g/mol. The number of aryl methyl sites for hydroxylation is 1. The van der Waals surface area contributed by atoms with E-state index in [1.54, 1.807) is 0 Å². The van der Waals surface area contributed by atoms with E-state index < -0.39 is 4.92 Å². The summed E-state index contributed by atoms with van der Waals surface area (Å²) in [4.78, 5) is 24.7. The predicted molar refractivity (Wildman–Crippen MR) is 45.6 cm³/mol. The molecule has 5 heteroatoms. The normalized spacial score (nSPS) is 9.69. The molecule has 0 aromatic carbocycles. The monoisotopic (exact) mass is 180 g/mol. The molecule has 68 valence electrons. The SMILES string of the molecule is CC(=O)c1ccnc(C)c1[N+](=O)[O-]. The van der Waals surface area contributed by atoms with Gasteiger partial charge in [0, 0.05) is 6.20 Å². The number of rotatable bonds is 2. The Balaban J connectivity index is 3.43. The molecule has 1 heterocycles. The second kappa shape index (κ2) is 3.30. The van der Waals surface area contributed by atoms with E-state index in [0.717, 1.165) is 0 Å². The van der Waals surface area contributed by atoms with Crippen molar-refractivity contribution in [3.8, 4) is 0 Å². The number of aromatic nitrogens is 1. The largest absolute Gasteiger partial charge is 0.301 e. The van der Waals surface area contributed by atoms with Crippen LogP contribution < -0.4 is 0 Å². The molecule has 0 fully saturated rings. The van der Waals surface area contributed by atoms with Crippen molar-refractivity contribution in [3.05, 3.63) is 33.6 Å². The summed E-state index contributed by atoms with van der Waals surface area (Å²) in [7, 11) is 0. The summed E-state index contributed by atoms with van der Waals surface area (Å²) in [5, 5.41) is 10.6. The molecule has 0 atom stereocenters. The van der Waals surface area contributed by atoms with E-state index in [-0.39, 0.29) is 22.7 Å². The van der Waals surface area contributed by atoms with Crippen LogP contribution in [-0.4, -0.2) is 15.7 Å². The Hall–Kier alpha value is -1.78. The van der Waals surface area contributed by atoms with E-state index >= 15 is 0 Å². The molecule has 0 saturated heterocycles. The third-order valence-corrected chi connectivity index (χ3v) is 1.67. The second-order valence-corrected chi connectivity index (χ2v) is 2.61. The van der Waals surface area contributed by atoms with Crippen molar-refractivity contribution in [2.45, 2.75) is 13.8 Å². The van der Waals surface area contributed by atoms with Crippen LogP contribution in [0.4, 0.5) is 5.69 Å². The number of nitrogens with zero attached hydrogens (tertiary/aromatic N) is 2. The number of ketones is 1. The Morgan fingerprint density at radius 2 is 2.23 bits per heavy atom. The summed E-state index contributed by atoms with van der Waals surface area (Å²) in [6, 6.07) is 1.35. The fourth-order valence-electron chi connectivity index (χ4n) is 1.07. The van der Waals surface area contributed by atoms with Crippen molar-refractivity contribution in [3.63, 3.8) is 0 Å². The van der Waals surface area contributed by atoms with Gasteiger partial charge in [0.15, 0.2) is 5.78 Å². The highest BCUT2D eigenvalue weighted by Gasteiger charge is 2.20. The highest BCUT2D eigenvalue weighted by atomic mass is 16.6. The minimum Gasteiger partial charge on any atom is -0.294 e. The van der Waals surface area contributed by atoms with Gasteiger partial charge in [0.05, 0.1) is 10.5 Å². The third kappa shape index (κ3) is 1.69. The molecule has 0 unspecified atom stereocenters. The van der Waals surface area contributed by atoms with Crippen molar-refractivity contribution in [2.75, 3.05) is 0 Å². The highest BCUT2D eigenvalue weighted by molar-refractivity contribution is 5.98. The Morgan fingerprint density at radius 3 is 2.62 bits per heavy atom. The first-order valence-electron chi connectivity index (χ1n) is 3.65. The maximum absolute atomic E-state index is 11.0. The predicted octanol–water partition coefficient (Wildman–Crippen LogP) is 1.50. The molecule has 1 rings (SSSR count). The Kier molecular flexibility index (Phi) is 2.36. The second-order valence-electron chi connectivity index (χ2n) is 2.61. The van der Waals surface area contributed by atoms with Crippen molar-refractivity contribution in [1.29, 1.82) is 0 Å². The lowest BCUT2D eigenvalue weighted by Crippen LogP contribution is -2.03. The smallest absolute Gasteiger partial charge is 0.294 e. The van der Waals surface area contributed by atoms with E-state index in [1.165, 1.54) is 26.1 Å². The molecule has 13 heavy (non-hydrogen) atoms. The van der Waals surface area contributed by atoms with Gasteiger partial charge < -0.3 is 0 Å². The molecule has 0 N–H and O–H groups in total. The molecular formula is C8H8N2O3. The van der Waals surface area contributed by atoms with Gasteiger partial charge in [-0.15, -0.1) is 0 Å². The Labute approximate surface area is 74.6 Å². The van der Waals surface area contributed by atoms with Crippen LogP contribution in [0.15, 0.2) is 12.3 Å². The molecule has 0 saturated carbocycles. The summed E-state index contributed by atoms with van der Waals surface area (Å²) < 4.78 is 0. The number of carbonyl (C=O) groups excluding carboxylic acids is 1. The summed E-state index contributed by atoms with van der Waals surface area (Å²) in [6.45, 7) is 2.80. The van der Waals surface area contributed by atoms with Gasteiger partial charge in [-0.2, -0.15) is 0 Å². The summed E-state index contributed by atoms with van der Waals surface area (Å²) >= 11 is 0. The molecule has 0 amide bonds. The number of pyridine rings is 1. The Morgan fingerprint density at radius 1 is 1.62 bits per heavy atom. The van der Waals surface area contributed by atoms with Crippen molar-refractivity contribution < 1.29 is 9.72 Å². The zero-order valence-electron chi connectivity index (χ0n) is 7.27. The van der Waals surface area contributed by atoms with Gasteiger partial charge in [-0.25, -0.2) is 0 Å². The molecule has 0 bridgehead atoms. The van der Waals surface area contributed by atoms with Crippen LogP contribution in [0.1, 0.15) is 23.0 Å². The molecular weight excluding hydrogens is 172 g/mol. The Bertz CT molecular complexity index is 374. The number of nitro groups is 1. The van der Waals surface area contributed by atoms with E-state index in [9.17, 15) is 14.9 Å². The first kappa shape index (κ1) is 9.31. The molecule has 0 aliphatic heterocycles. The van der Waals surface area contributed by atoms with Crippen LogP contribution in [0, 0.1) is 17.0 Å². The first-order valence-corrected chi connectivity index (χ1v) is 3.65. The lowest BCUT2D eigenvalue weighted by Gasteiger charge is -1.99. The molecule has 0 aliphatic rings. The van der Waals surface area contributed by atoms with E-state index in [4.69, 9.17) is 0 Å². The molecule has 1 aromatic heterocycles. The molecule has 5 nitrogen and oxygen atoms in total. The zero-order chi connectivity index (χ0) is 10.0. The van der Waals surface area contributed by atoms with Gasteiger partial charge in [-0.05, 0) is 19.9 Å². The van der Waals surface area contributed by atoms with Crippen molar-refractivity contribution in [1.82, 2.24) is 4.98 Å². The van der Waals surface area contributed by atoms with Crippen molar-refractivity contribution in [2.24, 2.45) is 0 Å². The lowest BCUT2D eigenvalue weighted by atomic mass is 10.1. The number of hydrogen-bond acceptors (Lipinski definition) is 4. The van der Waals surface area contributed by atoms with Crippen LogP contribution in [0.25, 0.3) is 0 Å². The fraction of sp³-hybridized carbons (Fsp3) is 0.250. The van der Waals surface area contributed by atoms with Gasteiger partial charge in [-0.1, -0.05) is 0 Å². The van der Waals surface area contributed by atoms with Crippen molar-refractivity contribution >= 4 is 11.5 Å². The van der Waals surface area contributed by atoms with Gasteiger partial charge in [0.2, 0.25) is 0 Å². The maximum Gasteiger partial charge on any atom is 0.301 e. The zero-order valence-corrected chi connectivity index (χ0v) is 7.27. The van der Waals surface area contributed by atoms with Crippen LogP contribution in [0.3, 0.4) is 0 Å². The number of Topliss-reactive ketones (excluding diaryl/α,β-unsaturated/α-hetero) is 1. The topological polar surface area (TPSA) is 73.1 Å². The highest BCUT2D eigenvalue weighted by Crippen LogP contribution is 2.20. The lowest BCUT2D eigenvalue weighted by molar-refractivity contribution is -0.386. The molecule has 0 radical (unpaired) electrons. The van der Waals surface area contributed by atoms with E-state index in [2.05, 4.69) is 4.98 Å². The minimum atomic E-state index is -0.584. The van der Waals surface area contributed by atoms with Gasteiger partial charge in [-0.3, -0.25) is 19.9 Å². The minimum absolute atomic E-state index is 0.109. The van der Waals surface area contributed by atoms with Crippen LogP contribution in [0.2, 0.25) is 0 Å². The van der Waals surface area contributed by atoms with Crippen LogP contribution in [-0.2, 0) is 0 Å². The standard InChI is InChI=1S/C8H8N2O3/c1-5-8(10(12)13)7(6(2)11)3-4-9-5/h3-4H,1-2H3. The first-order chi connectivity index (χ1) is 6.04. The van der Waals surface area contributed by atoms with Crippen LogP contribution >= 0.6 is 0 Å². The summed E-state index contributed by atoms with van der Waals surface area (Å²) in [6.07, 6.45) is 1.39. The third-order valence-electron chi connectivity index (χ3n) is 1.67. The van der Waals surface area contributed by atoms with Crippen LogP contribution in [0.5, 0.6) is 0 Å². The fourth-order valence-corrected chi connectivity index (χ4v) is 1.07. The average Bonchev–Trinajstić information content (AvgIpc) is 2.02. The summed E-state index contributed by atoms with van der Waals surface area (Å²) in [5.74, 6) is -0.322. The maximum atomic E-state index is 11.0. The van der Waals surface area contributed by atoms with E-state index in [1.807, 2.05) is 0 Å². The molecule has 1 aromatic rings. The van der Waals surface area contributed by atoms with Gasteiger partial charge >= 0.3 is 5.69 Å². The quantitative estimate of drug-likeness (QED) is 0.392. The number of hydrogen-bond donors (Lipinski definition) is 0. The molecule has 0 aliphatic carbocycles.